The molecule has 0 atom stereocenters. The number of amides is 1. The summed E-state index contributed by atoms with van der Waals surface area (Å²) in [7, 11) is 0. The molecule has 0 unspecified atom stereocenters. The highest BCUT2D eigenvalue weighted by Gasteiger charge is 2.14. The molecule has 0 radical (unpaired) electrons. The number of nitrogens with zero attached hydrogens (tertiary/aromatic N) is 2. The number of nitro benzene ring substituents is 1. The third-order valence-electron chi connectivity index (χ3n) is 4.54. The first-order chi connectivity index (χ1) is 16.2. The molecule has 1 N–H and O–H groups in total. The Labute approximate surface area is 203 Å². The van der Waals surface area contributed by atoms with E-state index in [1.807, 2.05) is 0 Å². The summed E-state index contributed by atoms with van der Waals surface area (Å²) >= 11 is 3.31. The minimum absolute atomic E-state index is 0.0408. The van der Waals surface area contributed by atoms with Crippen molar-refractivity contribution in [2.75, 3.05) is 6.61 Å². The number of hydrazone groups is 1. The van der Waals surface area contributed by atoms with Crippen molar-refractivity contribution in [2.24, 2.45) is 5.10 Å². The van der Waals surface area contributed by atoms with Gasteiger partial charge in [-0.25, -0.2) is 10.2 Å². The number of ether oxygens (including phenoxy) is 2. The van der Waals surface area contributed by atoms with Gasteiger partial charge in [-0.05, 0) is 60.9 Å². The molecule has 0 aromatic heterocycles. The van der Waals surface area contributed by atoms with E-state index in [4.69, 9.17) is 9.47 Å². The molecule has 3 aromatic carbocycles. The van der Waals surface area contributed by atoms with Crippen molar-refractivity contribution in [3.05, 3.63) is 97.5 Å². The Morgan fingerprint density at radius 1 is 1.09 bits per heavy atom. The molecule has 10 heteroatoms. The lowest BCUT2D eigenvalue weighted by molar-refractivity contribution is -0.385. The number of benzene rings is 3. The van der Waals surface area contributed by atoms with Gasteiger partial charge in [-0.1, -0.05) is 34.1 Å². The van der Waals surface area contributed by atoms with E-state index in [9.17, 15) is 19.7 Å². The number of esters is 1. The zero-order valence-electron chi connectivity index (χ0n) is 18.3. The lowest BCUT2D eigenvalue weighted by Crippen LogP contribution is -2.25. The van der Waals surface area contributed by atoms with Gasteiger partial charge in [0.2, 0.25) is 0 Å². The Bertz CT molecular complexity index is 1250. The quantitative estimate of drug-likeness (QED) is 0.149. The van der Waals surface area contributed by atoms with E-state index >= 15 is 0 Å². The van der Waals surface area contributed by atoms with Crippen LogP contribution in [0.4, 0.5) is 5.69 Å². The average molecular weight is 526 g/mol. The number of carbonyl (C=O) groups excluding carboxylic acids is 2. The van der Waals surface area contributed by atoms with Crippen LogP contribution in [0.2, 0.25) is 0 Å². The number of nitro groups is 1. The van der Waals surface area contributed by atoms with Gasteiger partial charge >= 0.3 is 5.97 Å². The Morgan fingerprint density at radius 2 is 1.79 bits per heavy atom. The van der Waals surface area contributed by atoms with Gasteiger partial charge in [0.1, 0.15) is 11.5 Å². The largest absolute Gasteiger partial charge is 0.483 e. The summed E-state index contributed by atoms with van der Waals surface area (Å²) in [6, 6.07) is 16.3. The fraction of sp³-hybridized carbons (Fsp3) is 0.125. The highest BCUT2D eigenvalue weighted by atomic mass is 79.9. The number of carbonyl (C=O) groups is 2. The maximum Gasteiger partial charge on any atom is 0.343 e. The fourth-order valence-corrected chi connectivity index (χ4v) is 3.45. The van der Waals surface area contributed by atoms with Crippen molar-refractivity contribution in [1.29, 1.82) is 0 Å². The molecule has 3 rings (SSSR count). The van der Waals surface area contributed by atoms with Crippen LogP contribution >= 0.6 is 15.9 Å². The topological polar surface area (TPSA) is 120 Å². The van der Waals surface area contributed by atoms with Crippen LogP contribution in [-0.4, -0.2) is 29.6 Å². The SMILES string of the molecule is Cc1cc([N+](=O)[O-])cc(C)c1OCC(=O)N/N=C\c1cccc(OC(=O)c2cccc(Br)c2)c1. The summed E-state index contributed by atoms with van der Waals surface area (Å²) in [5.41, 5.74) is 4.41. The number of hydrogen-bond acceptors (Lipinski definition) is 7. The molecule has 0 aliphatic rings. The van der Waals surface area contributed by atoms with Crippen molar-refractivity contribution < 1.29 is 24.0 Å². The lowest BCUT2D eigenvalue weighted by Gasteiger charge is -2.11. The van der Waals surface area contributed by atoms with E-state index in [-0.39, 0.29) is 12.3 Å². The third kappa shape index (κ3) is 6.72. The van der Waals surface area contributed by atoms with Gasteiger partial charge in [0.15, 0.2) is 6.61 Å². The summed E-state index contributed by atoms with van der Waals surface area (Å²) < 4.78 is 11.7. The molecule has 0 heterocycles. The van der Waals surface area contributed by atoms with E-state index < -0.39 is 16.8 Å². The molecule has 3 aromatic rings. The van der Waals surface area contributed by atoms with Gasteiger partial charge in [-0.2, -0.15) is 5.10 Å². The number of nitrogens with one attached hydrogen (secondary N) is 1. The van der Waals surface area contributed by atoms with E-state index in [2.05, 4.69) is 26.5 Å². The molecule has 0 bridgehead atoms. The standard InChI is InChI=1S/C24H20BrN3O6/c1-15-9-20(28(31)32)10-16(2)23(15)33-14-22(29)27-26-13-17-5-3-8-21(11-17)34-24(30)18-6-4-7-19(25)12-18/h3-13H,14H2,1-2H3,(H,27,29)/b26-13-. The molecule has 0 spiro atoms. The van der Waals surface area contributed by atoms with Gasteiger partial charge in [0.05, 0.1) is 16.7 Å². The molecule has 0 saturated carbocycles. The van der Waals surface area contributed by atoms with E-state index in [0.29, 0.717) is 33.8 Å². The molecular formula is C24H20BrN3O6. The van der Waals surface area contributed by atoms with Crippen molar-refractivity contribution in [3.63, 3.8) is 0 Å². The zero-order valence-corrected chi connectivity index (χ0v) is 19.9. The molecule has 1 amide bonds. The summed E-state index contributed by atoms with van der Waals surface area (Å²) in [6.45, 7) is 3.02. The van der Waals surface area contributed by atoms with Crippen molar-refractivity contribution in [2.45, 2.75) is 13.8 Å². The fourth-order valence-electron chi connectivity index (χ4n) is 3.05. The minimum atomic E-state index is -0.509. The van der Waals surface area contributed by atoms with E-state index in [1.165, 1.54) is 18.3 Å². The van der Waals surface area contributed by atoms with Gasteiger partial charge < -0.3 is 9.47 Å². The van der Waals surface area contributed by atoms with E-state index in [1.54, 1.807) is 62.4 Å². The van der Waals surface area contributed by atoms with Gasteiger partial charge in [0, 0.05) is 16.6 Å². The second-order valence-electron chi connectivity index (χ2n) is 7.22. The molecule has 0 aliphatic heterocycles. The normalized spacial score (nSPS) is 10.7. The van der Waals surface area contributed by atoms with Gasteiger partial charge in [-0.15, -0.1) is 0 Å². The zero-order chi connectivity index (χ0) is 24.7. The third-order valence-corrected chi connectivity index (χ3v) is 5.03. The molecule has 34 heavy (non-hydrogen) atoms. The van der Waals surface area contributed by atoms with Crippen molar-refractivity contribution in [3.8, 4) is 11.5 Å². The van der Waals surface area contributed by atoms with Crippen molar-refractivity contribution in [1.82, 2.24) is 5.43 Å². The average Bonchev–Trinajstić information content (AvgIpc) is 2.78. The van der Waals surface area contributed by atoms with Crippen LogP contribution in [0, 0.1) is 24.0 Å². The summed E-state index contributed by atoms with van der Waals surface area (Å²) in [4.78, 5) is 34.8. The Hall–Kier alpha value is -4.05. The molecular weight excluding hydrogens is 506 g/mol. The second kappa shape index (κ2) is 11.2. The second-order valence-corrected chi connectivity index (χ2v) is 8.14. The van der Waals surface area contributed by atoms with Crippen LogP contribution in [0.15, 0.2) is 70.2 Å². The Balaban J connectivity index is 1.55. The molecule has 174 valence electrons. The summed E-state index contributed by atoms with van der Waals surface area (Å²) in [6.07, 6.45) is 1.40. The molecule has 0 fully saturated rings. The van der Waals surface area contributed by atoms with Crippen LogP contribution in [0.25, 0.3) is 0 Å². The number of hydrogen-bond donors (Lipinski definition) is 1. The van der Waals surface area contributed by atoms with Crippen LogP contribution in [0.5, 0.6) is 11.5 Å². The number of rotatable bonds is 8. The smallest absolute Gasteiger partial charge is 0.343 e. The maximum atomic E-state index is 12.3. The lowest BCUT2D eigenvalue weighted by atomic mass is 10.1. The maximum absolute atomic E-state index is 12.3. The van der Waals surface area contributed by atoms with Crippen molar-refractivity contribution >= 4 is 39.7 Å². The first kappa shape index (κ1) is 24.6. The number of non-ortho nitro benzene ring substituents is 1. The predicted octanol–water partition coefficient (Wildman–Crippen LogP) is 4.72. The highest BCUT2D eigenvalue weighted by molar-refractivity contribution is 9.10. The van der Waals surface area contributed by atoms with Gasteiger partial charge in [0.25, 0.3) is 11.6 Å². The summed E-state index contributed by atoms with van der Waals surface area (Å²) in [5, 5.41) is 14.8. The van der Waals surface area contributed by atoms with Crippen LogP contribution in [0.1, 0.15) is 27.0 Å². The summed E-state index contributed by atoms with van der Waals surface area (Å²) in [5.74, 6) is -0.277. The predicted molar refractivity (Wildman–Crippen MR) is 129 cm³/mol. The first-order valence-corrected chi connectivity index (χ1v) is 10.8. The number of aryl methyl sites for hydroxylation is 2. The Morgan fingerprint density at radius 3 is 2.47 bits per heavy atom. The molecule has 9 nitrogen and oxygen atoms in total. The Kier molecular flexibility index (Phi) is 8.10. The van der Waals surface area contributed by atoms with Gasteiger partial charge in [-0.3, -0.25) is 14.9 Å². The van der Waals surface area contributed by atoms with E-state index in [0.717, 1.165) is 4.47 Å². The highest BCUT2D eigenvalue weighted by Crippen LogP contribution is 2.28. The monoisotopic (exact) mass is 525 g/mol. The first-order valence-electron chi connectivity index (χ1n) is 10.0. The molecule has 0 saturated heterocycles. The number of halogens is 1. The minimum Gasteiger partial charge on any atom is -0.483 e. The van der Waals surface area contributed by atoms with Crippen LogP contribution in [0.3, 0.4) is 0 Å². The van der Waals surface area contributed by atoms with Crippen LogP contribution in [-0.2, 0) is 4.79 Å². The van der Waals surface area contributed by atoms with Crippen LogP contribution < -0.4 is 14.9 Å². The molecule has 0 aliphatic carbocycles.